The van der Waals surface area contributed by atoms with Crippen LogP contribution in [-0.2, 0) is 0 Å². The van der Waals surface area contributed by atoms with Gasteiger partial charge in [0.25, 0.3) is 0 Å². The molecule has 0 saturated carbocycles. The molecule has 0 heterocycles. The van der Waals surface area contributed by atoms with E-state index in [1.807, 2.05) is 6.92 Å². The first-order valence-electron chi connectivity index (χ1n) is 3.74. The Hall–Kier alpha value is -0.720. The van der Waals surface area contributed by atoms with Gasteiger partial charge < -0.3 is 5.32 Å². The Morgan fingerprint density at radius 1 is 1.60 bits per heavy atom. The first-order chi connectivity index (χ1) is 4.70. The molecule has 1 heteroatoms. The second-order valence-corrected chi connectivity index (χ2v) is 2.43. The minimum atomic E-state index is 0.909. The van der Waals surface area contributed by atoms with Gasteiger partial charge >= 0.3 is 0 Å². The summed E-state index contributed by atoms with van der Waals surface area (Å²) in [6, 6.07) is 0. The van der Waals surface area contributed by atoms with Gasteiger partial charge in [0.15, 0.2) is 0 Å². The largest absolute Gasteiger partial charge is 0.385 e. The molecule has 0 radical (unpaired) electrons. The summed E-state index contributed by atoms with van der Waals surface area (Å²) in [5.74, 6) is 0. The van der Waals surface area contributed by atoms with Crippen LogP contribution in [0.15, 0.2) is 23.9 Å². The Labute approximate surface area is 63.8 Å². The highest BCUT2D eigenvalue weighted by atomic mass is 14.9. The lowest BCUT2D eigenvalue weighted by atomic mass is 10.2. The van der Waals surface area contributed by atoms with Crippen molar-refractivity contribution in [2.45, 2.75) is 27.2 Å². The summed E-state index contributed by atoms with van der Waals surface area (Å²) in [7, 11) is 0. The van der Waals surface area contributed by atoms with Crippen LogP contribution in [0.2, 0.25) is 0 Å². The predicted molar refractivity (Wildman–Crippen MR) is 46.9 cm³/mol. The summed E-state index contributed by atoms with van der Waals surface area (Å²) >= 11 is 0. The normalized spacial score (nSPS) is 11.3. The molecule has 0 saturated heterocycles. The zero-order valence-corrected chi connectivity index (χ0v) is 7.20. The van der Waals surface area contributed by atoms with Gasteiger partial charge in [-0.2, -0.15) is 0 Å². The molecule has 0 unspecified atom stereocenters. The van der Waals surface area contributed by atoms with E-state index in [2.05, 4.69) is 31.8 Å². The Balaban J connectivity index is 3.45. The van der Waals surface area contributed by atoms with E-state index in [0.29, 0.717) is 0 Å². The molecule has 1 nitrogen and oxygen atoms in total. The van der Waals surface area contributed by atoms with E-state index in [0.717, 1.165) is 13.0 Å². The number of allylic oxidation sites excluding steroid dienone is 2. The number of hydrogen-bond acceptors (Lipinski definition) is 1. The average molecular weight is 139 g/mol. The summed E-state index contributed by atoms with van der Waals surface area (Å²) in [6.07, 6.45) is 3.12. The Morgan fingerprint density at radius 3 is 2.60 bits per heavy atom. The van der Waals surface area contributed by atoms with Crippen molar-refractivity contribution in [3.8, 4) is 0 Å². The first kappa shape index (κ1) is 9.28. The lowest BCUT2D eigenvalue weighted by molar-refractivity contribution is 0.840. The zero-order valence-electron chi connectivity index (χ0n) is 7.20. The van der Waals surface area contributed by atoms with E-state index in [4.69, 9.17) is 0 Å². The summed E-state index contributed by atoms with van der Waals surface area (Å²) in [5, 5.41) is 3.24. The van der Waals surface area contributed by atoms with Crippen molar-refractivity contribution < 1.29 is 0 Å². The maximum absolute atomic E-state index is 3.89. The SMILES string of the molecule is C=C(CC)CN/C(C)=C\C. The van der Waals surface area contributed by atoms with Crippen LogP contribution in [0.5, 0.6) is 0 Å². The van der Waals surface area contributed by atoms with Crippen molar-refractivity contribution in [2.75, 3.05) is 6.54 Å². The fourth-order valence-corrected chi connectivity index (χ4v) is 0.491. The van der Waals surface area contributed by atoms with Crippen LogP contribution in [-0.4, -0.2) is 6.54 Å². The van der Waals surface area contributed by atoms with Gasteiger partial charge in [-0.3, -0.25) is 0 Å². The first-order valence-corrected chi connectivity index (χ1v) is 3.74. The van der Waals surface area contributed by atoms with Gasteiger partial charge in [0.1, 0.15) is 0 Å². The van der Waals surface area contributed by atoms with Crippen molar-refractivity contribution >= 4 is 0 Å². The van der Waals surface area contributed by atoms with E-state index in [1.165, 1.54) is 11.3 Å². The smallest absolute Gasteiger partial charge is 0.0354 e. The van der Waals surface area contributed by atoms with E-state index >= 15 is 0 Å². The molecule has 0 aromatic rings. The van der Waals surface area contributed by atoms with Crippen LogP contribution in [0.4, 0.5) is 0 Å². The fraction of sp³-hybridized carbons (Fsp3) is 0.556. The van der Waals surface area contributed by atoms with E-state index < -0.39 is 0 Å². The topological polar surface area (TPSA) is 12.0 Å². The maximum atomic E-state index is 3.89. The molecule has 0 fully saturated rings. The van der Waals surface area contributed by atoms with Gasteiger partial charge in [-0.25, -0.2) is 0 Å². The Bertz CT molecular complexity index is 134. The predicted octanol–water partition coefficient (Wildman–Crippen LogP) is 2.47. The van der Waals surface area contributed by atoms with Crippen LogP contribution in [0.3, 0.4) is 0 Å². The maximum Gasteiger partial charge on any atom is 0.0354 e. The van der Waals surface area contributed by atoms with Crippen LogP contribution < -0.4 is 5.32 Å². The van der Waals surface area contributed by atoms with Gasteiger partial charge in [-0.15, -0.1) is 0 Å². The minimum absolute atomic E-state index is 0.909. The molecule has 0 amide bonds. The molecule has 0 aliphatic rings. The Morgan fingerprint density at radius 2 is 2.20 bits per heavy atom. The molecule has 1 N–H and O–H groups in total. The van der Waals surface area contributed by atoms with Crippen molar-refractivity contribution in [3.63, 3.8) is 0 Å². The van der Waals surface area contributed by atoms with Crippen molar-refractivity contribution in [2.24, 2.45) is 0 Å². The average Bonchev–Trinajstić information content (AvgIpc) is 1.99. The highest BCUT2D eigenvalue weighted by molar-refractivity contribution is 5.01. The molecule has 0 aromatic heterocycles. The van der Waals surface area contributed by atoms with E-state index in [-0.39, 0.29) is 0 Å². The second kappa shape index (κ2) is 5.10. The van der Waals surface area contributed by atoms with Gasteiger partial charge in [0, 0.05) is 12.2 Å². The van der Waals surface area contributed by atoms with Gasteiger partial charge in [-0.05, 0) is 20.3 Å². The monoisotopic (exact) mass is 139 g/mol. The third kappa shape index (κ3) is 4.19. The second-order valence-electron chi connectivity index (χ2n) is 2.43. The van der Waals surface area contributed by atoms with E-state index in [9.17, 15) is 0 Å². The lowest BCUT2D eigenvalue weighted by Gasteiger charge is -2.05. The van der Waals surface area contributed by atoms with Crippen molar-refractivity contribution in [3.05, 3.63) is 23.9 Å². The van der Waals surface area contributed by atoms with Crippen LogP contribution in [0.25, 0.3) is 0 Å². The highest BCUT2D eigenvalue weighted by Gasteiger charge is 1.88. The Kier molecular flexibility index (Phi) is 4.73. The molecular formula is C9H17N. The standard InChI is InChI=1S/C9H17N/c1-5-8(3)7-10-9(4)6-2/h6,10H,3,5,7H2,1-2,4H3/b9-6-. The van der Waals surface area contributed by atoms with Crippen molar-refractivity contribution in [1.29, 1.82) is 0 Å². The molecule has 0 spiro atoms. The number of nitrogens with one attached hydrogen (secondary N) is 1. The van der Waals surface area contributed by atoms with Gasteiger partial charge in [0.05, 0.1) is 0 Å². The number of rotatable bonds is 4. The minimum Gasteiger partial charge on any atom is -0.385 e. The van der Waals surface area contributed by atoms with E-state index in [1.54, 1.807) is 0 Å². The van der Waals surface area contributed by atoms with Gasteiger partial charge in [-0.1, -0.05) is 25.2 Å². The third-order valence-electron chi connectivity index (χ3n) is 1.55. The molecule has 0 rings (SSSR count). The quantitative estimate of drug-likeness (QED) is 0.590. The summed E-state index contributed by atoms with van der Waals surface area (Å²) in [5.41, 5.74) is 2.47. The molecule has 0 aliphatic carbocycles. The lowest BCUT2D eigenvalue weighted by Crippen LogP contribution is -2.13. The summed E-state index contributed by atoms with van der Waals surface area (Å²) in [6.45, 7) is 11.0. The molecular weight excluding hydrogens is 122 g/mol. The summed E-state index contributed by atoms with van der Waals surface area (Å²) < 4.78 is 0. The van der Waals surface area contributed by atoms with Crippen molar-refractivity contribution in [1.82, 2.24) is 5.32 Å². The molecule has 0 aromatic carbocycles. The number of hydrogen-bond donors (Lipinski definition) is 1. The molecule has 58 valence electrons. The fourth-order valence-electron chi connectivity index (χ4n) is 0.491. The molecule has 0 atom stereocenters. The van der Waals surface area contributed by atoms with Crippen LogP contribution in [0.1, 0.15) is 27.2 Å². The zero-order chi connectivity index (χ0) is 7.98. The van der Waals surface area contributed by atoms with Crippen LogP contribution >= 0.6 is 0 Å². The third-order valence-corrected chi connectivity index (χ3v) is 1.55. The highest BCUT2D eigenvalue weighted by Crippen LogP contribution is 1.94. The molecule has 0 bridgehead atoms. The molecule has 10 heavy (non-hydrogen) atoms. The summed E-state index contributed by atoms with van der Waals surface area (Å²) in [4.78, 5) is 0. The molecule has 0 aliphatic heterocycles. The van der Waals surface area contributed by atoms with Crippen LogP contribution in [0, 0.1) is 0 Å². The van der Waals surface area contributed by atoms with Gasteiger partial charge in [0.2, 0.25) is 0 Å².